The van der Waals surface area contributed by atoms with Gasteiger partial charge in [0, 0.05) is 16.9 Å². The predicted molar refractivity (Wildman–Crippen MR) is 124 cm³/mol. The molecule has 0 unspecified atom stereocenters. The van der Waals surface area contributed by atoms with E-state index >= 15 is 0 Å². The molecule has 0 aliphatic carbocycles. The highest BCUT2D eigenvalue weighted by atomic mass is 16.5. The van der Waals surface area contributed by atoms with Crippen molar-refractivity contribution in [2.45, 2.75) is 6.92 Å². The molecule has 4 amide bonds. The number of carbonyl (C=O) groups excluding carboxylic acids is 3. The molecule has 3 aromatic carbocycles. The SMILES string of the molecule is COc1ccc(C)cc1NC(=O)CNC(=O)c1ccc(NC(=O)Nc2ccccc2)cc1. The fraction of sp³-hybridized carbons (Fsp3) is 0.125. The van der Waals surface area contributed by atoms with Crippen LogP contribution in [0.5, 0.6) is 5.75 Å². The molecule has 0 spiro atoms. The van der Waals surface area contributed by atoms with E-state index in [1.807, 2.05) is 31.2 Å². The van der Waals surface area contributed by atoms with Crippen LogP contribution in [0.4, 0.5) is 21.9 Å². The molecule has 4 N–H and O–H groups in total. The van der Waals surface area contributed by atoms with Crippen LogP contribution >= 0.6 is 0 Å². The number of hydrogen-bond acceptors (Lipinski definition) is 4. The molecule has 32 heavy (non-hydrogen) atoms. The highest BCUT2D eigenvalue weighted by Gasteiger charge is 2.11. The second-order valence-corrected chi connectivity index (χ2v) is 6.96. The Labute approximate surface area is 186 Å². The maximum absolute atomic E-state index is 12.3. The van der Waals surface area contributed by atoms with Gasteiger partial charge in [0.1, 0.15) is 5.75 Å². The first-order valence-electron chi connectivity index (χ1n) is 9.90. The van der Waals surface area contributed by atoms with Crippen molar-refractivity contribution < 1.29 is 19.1 Å². The second-order valence-electron chi connectivity index (χ2n) is 6.96. The summed E-state index contributed by atoms with van der Waals surface area (Å²) in [5.74, 6) is -0.246. The number of carbonyl (C=O) groups is 3. The van der Waals surface area contributed by atoms with Crippen LogP contribution in [0.3, 0.4) is 0 Å². The van der Waals surface area contributed by atoms with Gasteiger partial charge in [-0.2, -0.15) is 0 Å². The molecule has 3 rings (SSSR count). The van der Waals surface area contributed by atoms with Gasteiger partial charge in [-0.1, -0.05) is 24.3 Å². The topological polar surface area (TPSA) is 109 Å². The van der Waals surface area contributed by atoms with Gasteiger partial charge < -0.3 is 26.0 Å². The highest BCUT2D eigenvalue weighted by molar-refractivity contribution is 6.01. The third-order valence-electron chi connectivity index (χ3n) is 4.48. The van der Waals surface area contributed by atoms with Crippen molar-refractivity contribution in [3.8, 4) is 5.75 Å². The number of hydrogen-bond donors (Lipinski definition) is 4. The first-order chi connectivity index (χ1) is 15.4. The third-order valence-corrected chi connectivity index (χ3v) is 4.48. The molecule has 8 nitrogen and oxygen atoms in total. The summed E-state index contributed by atoms with van der Waals surface area (Å²) in [6.07, 6.45) is 0. The minimum Gasteiger partial charge on any atom is -0.495 e. The van der Waals surface area contributed by atoms with Crippen LogP contribution in [0.15, 0.2) is 72.8 Å². The zero-order valence-corrected chi connectivity index (χ0v) is 17.8. The zero-order valence-electron chi connectivity index (χ0n) is 17.8. The van der Waals surface area contributed by atoms with Crippen LogP contribution in [-0.2, 0) is 4.79 Å². The van der Waals surface area contributed by atoms with Crippen molar-refractivity contribution in [3.05, 3.63) is 83.9 Å². The first kappa shape index (κ1) is 22.4. The van der Waals surface area contributed by atoms with Gasteiger partial charge in [0.25, 0.3) is 5.91 Å². The molecular weight excluding hydrogens is 408 g/mol. The number of amides is 4. The first-order valence-corrected chi connectivity index (χ1v) is 9.90. The van der Waals surface area contributed by atoms with Crippen molar-refractivity contribution in [2.24, 2.45) is 0 Å². The Hall–Kier alpha value is -4.33. The fourth-order valence-corrected chi connectivity index (χ4v) is 2.90. The molecule has 0 heterocycles. The minimum atomic E-state index is -0.406. The summed E-state index contributed by atoms with van der Waals surface area (Å²) >= 11 is 0. The number of para-hydroxylation sites is 1. The van der Waals surface area contributed by atoms with E-state index in [0.717, 1.165) is 5.56 Å². The van der Waals surface area contributed by atoms with E-state index in [4.69, 9.17) is 4.74 Å². The van der Waals surface area contributed by atoms with Crippen LogP contribution in [0, 0.1) is 6.92 Å². The summed E-state index contributed by atoms with van der Waals surface area (Å²) in [5.41, 5.74) is 3.06. The number of methoxy groups -OCH3 is 1. The van der Waals surface area contributed by atoms with E-state index in [2.05, 4.69) is 21.3 Å². The molecule has 0 aromatic heterocycles. The highest BCUT2D eigenvalue weighted by Crippen LogP contribution is 2.24. The maximum Gasteiger partial charge on any atom is 0.323 e. The molecule has 8 heteroatoms. The lowest BCUT2D eigenvalue weighted by Crippen LogP contribution is -2.33. The molecule has 0 fully saturated rings. The summed E-state index contributed by atoms with van der Waals surface area (Å²) in [6, 6.07) is 20.4. The molecule has 0 aliphatic rings. The molecule has 0 radical (unpaired) electrons. The van der Waals surface area contributed by atoms with Gasteiger partial charge in [0.15, 0.2) is 0 Å². The summed E-state index contributed by atoms with van der Waals surface area (Å²) in [7, 11) is 1.52. The summed E-state index contributed by atoms with van der Waals surface area (Å²) < 4.78 is 5.23. The van der Waals surface area contributed by atoms with E-state index < -0.39 is 11.9 Å². The largest absolute Gasteiger partial charge is 0.495 e. The van der Waals surface area contributed by atoms with E-state index in [0.29, 0.717) is 28.4 Å². The quantitative estimate of drug-likeness (QED) is 0.452. The van der Waals surface area contributed by atoms with E-state index in [-0.39, 0.29) is 12.5 Å². The Balaban J connectivity index is 1.49. The monoisotopic (exact) mass is 432 g/mol. The zero-order chi connectivity index (χ0) is 22.9. The van der Waals surface area contributed by atoms with Gasteiger partial charge in [-0.25, -0.2) is 4.79 Å². The smallest absolute Gasteiger partial charge is 0.323 e. The Kier molecular flexibility index (Phi) is 7.42. The van der Waals surface area contributed by atoms with Crippen LogP contribution in [-0.4, -0.2) is 31.5 Å². The van der Waals surface area contributed by atoms with Gasteiger partial charge in [-0.05, 0) is 61.0 Å². The Morgan fingerprint density at radius 1 is 0.812 bits per heavy atom. The van der Waals surface area contributed by atoms with Gasteiger partial charge in [-0.3, -0.25) is 9.59 Å². The lowest BCUT2D eigenvalue weighted by molar-refractivity contribution is -0.115. The average Bonchev–Trinajstić information content (AvgIpc) is 2.79. The minimum absolute atomic E-state index is 0.199. The van der Waals surface area contributed by atoms with Crippen molar-refractivity contribution >= 4 is 34.9 Å². The Bertz CT molecular complexity index is 1100. The molecule has 164 valence electrons. The summed E-state index contributed by atoms with van der Waals surface area (Å²) in [4.78, 5) is 36.6. The Morgan fingerprint density at radius 2 is 1.47 bits per heavy atom. The lowest BCUT2D eigenvalue weighted by atomic mass is 10.2. The number of rotatable bonds is 7. The van der Waals surface area contributed by atoms with E-state index in [1.54, 1.807) is 48.5 Å². The number of urea groups is 1. The molecule has 0 atom stereocenters. The maximum atomic E-state index is 12.3. The standard InChI is InChI=1S/C24H24N4O4/c1-16-8-13-21(32-2)20(14-16)28-22(29)15-25-23(30)17-9-11-19(12-10-17)27-24(31)26-18-6-4-3-5-7-18/h3-14H,15H2,1-2H3,(H,25,30)(H,28,29)(H2,26,27,31). The fourth-order valence-electron chi connectivity index (χ4n) is 2.90. The van der Waals surface area contributed by atoms with E-state index in [1.165, 1.54) is 7.11 Å². The predicted octanol–water partition coefficient (Wildman–Crippen LogP) is 4.02. The van der Waals surface area contributed by atoms with Crippen molar-refractivity contribution in [1.29, 1.82) is 0 Å². The van der Waals surface area contributed by atoms with Crippen LogP contribution in [0.25, 0.3) is 0 Å². The number of anilines is 3. The molecule has 0 aliphatic heterocycles. The third kappa shape index (κ3) is 6.33. The average molecular weight is 432 g/mol. The van der Waals surface area contributed by atoms with Gasteiger partial charge >= 0.3 is 6.03 Å². The lowest BCUT2D eigenvalue weighted by Gasteiger charge is -2.12. The second kappa shape index (κ2) is 10.6. The molecule has 0 bridgehead atoms. The van der Waals surface area contributed by atoms with Crippen LogP contribution in [0.2, 0.25) is 0 Å². The van der Waals surface area contributed by atoms with Crippen molar-refractivity contribution in [3.63, 3.8) is 0 Å². The molecule has 3 aromatic rings. The van der Waals surface area contributed by atoms with E-state index in [9.17, 15) is 14.4 Å². The number of nitrogens with one attached hydrogen (secondary N) is 4. The van der Waals surface area contributed by atoms with Crippen LogP contribution in [0.1, 0.15) is 15.9 Å². The van der Waals surface area contributed by atoms with Crippen molar-refractivity contribution in [2.75, 3.05) is 29.6 Å². The number of benzene rings is 3. The van der Waals surface area contributed by atoms with Crippen molar-refractivity contribution in [1.82, 2.24) is 5.32 Å². The number of ether oxygens (including phenoxy) is 1. The molecular formula is C24H24N4O4. The normalized spacial score (nSPS) is 10.1. The van der Waals surface area contributed by atoms with Gasteiger partial charge in [0.05, 0.1) is 19.3 Å². The molecule has 0 saturated carbocycles. The van der Waals surface area contributed by atoms with Crippen LogP contribution < -0.4 is 26.0 Å². The van der Waals surface area contributed by atoms with Gasteiger partial charge in [0.2, 0.25) is 5.91 Å². The number of aryl methyl sites for hydroxylation is 1. The Morgan fingerprint density at radius 3 is 2.12 bits per heavy atom. The summed E-state index contributed by atoms with van der Waals surface area (Å²) in [5, 5.41) is 10.7. The summed E-state index contributed by atoms with van der Waals surface area (Å²) in [6.45, 7) is 1.70. The molecule has 0 saturated heterocycles. The van der Waals surface area contributed by atoms with Gasteiger partial charge in [-0.15, -0.1) is 0 Å².